The first-order valence-electron chi connectivity index (χ1n) is 9.04. The summed E-state index contributed by atoms with van der Waals surface area (Å²) in [5.74, 6) is 0.661. The first-order chi connectivity index (χ1) is 13.9. The molecule has 1 aromatic carbocycles. The third-order valence-corrected chi connectivity index (χ3v) is 5.72. The molecule has 1 saturated heterocycles. The minimum absolute atomic E-state index is 0.118. The van der Waals surface area contributed by atoms with Crippen molar-refractivity contribution in [3.05, 3.63) is 45.8 Å². The summed E-state index contributed by atoms with van der Waals surface area (Å²) in [5.41, 5.74) is 1.50. The molecule has 0 N–H and O–H groups in total. The first kappa shape index (κ1) is 17.8. The van der Waals surface area contributed by atoms with Gasteiger partial charge in [0.2, 0.25) is 11.5 Å². The Hall–Kier alpha value is -3.22. The Kier molecular flexibility index (Phi) is 3.78. The topological polar surface area (TPSA) is 116 Å². The molecule has 0 spiro atoms. The highest BCUT2D eigenvalue weighted by Gasteiger charge is 2.38. The van der Waals surface area contributed by atoms with Crippen molar-refractivity contribution >= 4 is 28.2 Å². The third-order valence-electron chi connectivity index (χ3n) is 5.40. The van der Waals surface area contributed by atoms with E-state index in [1.54, 1.807) is 29.8 Å². The smallest absolute Gasteiger partial charge is 0.260 e. The summed E-state index contributed by atoms with van der Waals surface area (Å²) in [4.78, 5) is 8.92. The number of ether oxygens (including phenoxy) is 1. The number of rotatable bonds is 2. The van der Waals surface area contributed by atoms with E-state index < -0.39 is 5.60 Å². The van der Waals surface area contributed by atoms with Crippen LogP contribution in [-0.4, -0.2) is 26.1 Å². The van der Waals surface area contributed by atoms with E-state index in [0.717, 1.165) is 12.8 Å². The van der Waals surface area contributed by atoms with Crippen molar-refractivity contribution in [2.45, 2.75) is 32.3 Å². The fourth-order valence-corrected chi connectivity index (χ4v) is 4.04. The molecule has 1 fully saturated rings. The second kappa shape index (κ2) is 6.14. The highest BCUT2D eigenvalue weighted by atomic mass is 35.5. The van der Waals surface area contributed by atoms with Gasteiger partial charge in [0.25, 0.3) is 11.4 Å². The molecule has 146 valence electrons. The zero-order valence-corrected chi connectivity index (χ0v) is 16.4. The molecule has 3 aromatic heterocycles. The Morgan fingerprint density at radius 1 is 1.41 bits per heavy atom. The van der Waals surface area contributed by atoms with E-state index in [2.05, 4.69) is 15.1 Å². The monoisotopic (exact) mass is 410 g/mol. The maximum Gasteiger partial charge on any atom is 0.260 e. The normalized spacial score (nSPS) is 19.2. The van der Waals surface area contributed by atoms with E-state index in [1.807, 2.05) is 13.0 Å². The number of nitriles is 1. The van der Waals surface area contributed by atoms with Crippen LogP contribution in [0.25, 0.3) is 28.1 Å². The van der Waals surface area contributed by atoms with Gasteiger partial charge in [-0.15, -0.1) is 0 Å². The predicted octanol–water partition coefficient (Wildman–Crippen LogP) is 3.03. The molecular formula is C19H15ClN6O3. The Labute approximate surface area is 169 Å². The van der Waals surface area contributed by atoms with Gasteiger partial charge in [-0.25, -0.2) is 4.98 Å². The van der Waals surface area contributed by atoms with Gasteiger partial charge in [-0.3, -0.25) is 4.40 Å². The van der Waals surface area contributed by atoms with E-state index in [4.69, 9.17) is 20.9 Å². The van der Waals surface area contributed by atoms with E-state index >= 15 is 0 Å². The van der Waals surface area contributed by atoms with Gasteiger partial charge in [-0.05, 0) is 31.9 Å². The lowest BCUT2D eigenvalue weighted by atomic mass is 10.0. The van der Waals surface area contributed by atoms with Crippen LogP contribution >= 0.6 is 11.6 Å². The van der Waals surface area contributed by atoms with E-state index in [1.165, 1.54) is 0 Å². The Balaban J connectivity index is 1.76. The molecule has 0 aliphatic carbocycles. The summed E-state index contributed by atoms with van der Waals surface area (Å²) in [6, 6.07) is 5.27. The van der Waals surface area contributed by atoms with Crippen LogP contribution in [0.5, 0.6) is 0 Å². The molecule has 1 aliphatic heterocycles. The molecule has 0 amide bonds. The van der Waals surface area contributed by atoms with Gasteiger partial charge in [0.1, 0.15) is 40.3 Å². The van der Waals surface area contributed by atoms with Crippen LogP contribution in [0.2, 0.25) is 5.02 Å². The molecule has 4 aromatic rings. The molecule has 1 atom stereocenters. The summed E-state index contributed by atoms with van der Waals surface area (Å²) in [6.07, 6.45) is 3.28. The van der Waals surface area contributed by atoms with Gasteiger partial charge < -0.3 is 14.5 Å². The minimum Gasteiger partial charge on any atom is -0.618 e. The SMILES string of the molecule is Cc1c2c(-c3noc(C4(C)CCCO4)n3)ncn2c2ccc(Cl)c(C#N)c2[n+]1[O-]. The maximum atomic E-state index is 13.0. The summed E-state index contributed by atoms with van der Waals surface area (Å²) in [5, 5.41) is 26.8. The standard InChI is InChI=1S/C19H15ClN6O3/c1-10-15-14(17-23-18(29-24-17)19(2)6-3-7-28-19)22-9-25(15)13-5-4-12(20)11(8-21)16(13)26(10)27/h4-5,9H,3,6-7H2,1-2H3. The molecule has 10 heteroatoms. The Morgan fingerprint density at radius 2 is 2.24 bits per heavy atom. The molecular weight excluding hydrogens is 396 g/mol. The lowest BCUT2D eigenvalue weighted by molar-refractivity contribution is -0.583. The van der Waals surface area contributed by atoms with Gasteiger partial charge in [0.15, 0.2) is 0 Å². The number of imidazole rings is 1. The van der Waals surface area contributed by atoms with Crippen LogP contribution in [0.15, 0.2) is 23.0 Å². The molecule has 9 nitrogen and oxygen atoms in total. The van der Waals surface area contributed by atoms with Gasteiger partial charge in [-0.2, -0.15) is 15.0 Å². The van der Waals surface area contributed by atoms with Crippen LogP contribution < -0.4 is 4.73 Å². The van der Waals surface area contributed by atoms with Gasteiger partial charge in [0, 0.05) is 13.5 Å². The number of fused-ring (bicyclic) bond motifs is 3. The molecule has 4 heterocycles. The molecule has 1 unspecified atom stereocenters. The van der Waals surface area contributed by atoms with Crippen LogP contribution in [0.1, 0.15) is 36.9 Å². The summed E-state index contributed by atoms with van der Waals surface area (Å²) >= 11 is 6.11. The van der Waals surface area contributed by atoms with Crippen molar-refractivity contribution in [3.8, 4) is 17.6 Å². The summed E-state index contributed by atoms with van der Waals surface area (Å²) < 4.78 is 13.6. The molecule has 29 heavy (non-hydrogen) atoms. The van der Waals surface area contributed by atoms with Crippen molar-refractivity contribution in [2.75, 3.05) is 6.61 Å². The predicted molar refractivity (Wildman–Crippen MR) is 102 cm³/mol. The number of halogens is 1. The van der Waals surface area contributed by atoms with Crippen LogP contribution in [0, 0.1) is 23.5 Å². The number of aromatic nitrogens is 5. The van der Waals surface area contributed by atoms with Crippen molar-refractivity contribution in [3.63, 3.8) is 0 Å². The van der Waals surface area contributed by atoms with Crippen molar-refractivity contribution in [1.29, 1.82) is 5.26 Å². The minimum atomic E-state index is -0.612. The lowest BCUT2D eigenvalue weighted by Crippen LogP contribution is -2.33. The number of benzene rings is 1. The van der Waals surface area contributed by atoms with Gasteiger partial charge in [-0.1, -0.05) is 16.8 Å². The van der Waals surface area contributed by atoms with E-state index in [9.17, 15) is 10.5 Å². The van der Waals surface area contributed by atoms with Crippen LogP contribution in [0.3, 0.4) is 0 Å². The number of aryl methyl sites for hydroxylation is 1. The van der Waals surface area contributed by atoms with E-state index in [0.29, 0.717) is 39.6 Å². The lowest BCUT2D eigenvalue weighted by Gasteiger charge is -2.16. The second-order valence-corrected chi connectivity index (χ2v) is 7.61. The Bertz CT molecular complexity index is 1330. The molecule has 1 aliphatic rings. The molecule has 5 rings (SSSR count). The van der Waals surface area contributed by atoms with E-state index in [-0.39, 0.29) is 21.9 Å². The van der Waals surface area contributed by atoms with Gasteiger partial charge in [0.05, 0.1) is 5.02 Å². The quantitative estimate of drug-likeness (QED) is 0.368. The second-order valence-electron chi connectivity index (χ2n) is 7.20. The highest BCUT2D eigenvalue weighted by molar-refractivity contribution is 6.32. The average Bonchev–Trinajstić information content (AvgIpc) is 3.45. The summed E-state index contributed by atoms with van der Waals surface area (Å²) in [7, 11) is 0. The van der Waals surface area contributed by atoms with Crippen molar-refractivity contribution in [1.82, 2.24) is 19.5 Å². The van der Waals surface area contributed by atoms with Crippen LogP contribution in [-0.2, 0) is 10.3 Å². The molecule has 0 saturated carbocycles. The maximum absolute atomic E-state index is 13.0. The van der Waals surface area contributed by atoms with Crippen molar-refractivity contribution in [2.24, 2.45) is 0 Å². The largest absolute Gasteiger partial charge is 0.618 e. The highest BCUT2D eigenvalue weighted by Crippen LogP contribution is 2.36. The van der Waals surface area contributed by atoms with Crippen LogP contribution in [0.4, 0.5) is 0 Å². The fourth-order valence-electron chi connectivity index (χ4n) is 3.85. The zero-order valence-electron chi connectivity index (χ0n) is 15.6. The van der Waals surface area contributed by atoms with Crippen molar-refractivity contribution < 1.29 is 14.0 Å². The Morgan fingerprint density at radius 3 is 2.97 bits per heavy atom. The molecule has 0 radical (unpaired) electrons. The fraction of sp³-hybridized carbons (Fsp3) is 0.316. The number of nitrogens with zero attached hydrogens (tertiary/aromatic N) is 6. The number of hydrogen-bond acceptors (Lipinski definition) is 7. The third kappa shape index (κ3) is 2.43. The first-order valence-corrected chi connectivity index (χ1v) is 9.42. The molecule has 0 bridgehead atoms. The summed E-state index contributed by atoms with van der Waals surface area (Å²) in [6.45, 7) is 4.21. The van der Waals surface area contributed by atoms with Gasteiger partial charge >= 0.3 is 0 Å². The zero-order chi connectivity index (χ0) is 20.3. The average molecular weight is 411 g/mol. The number of hydrogen-bond donors (Lipinski definition) is 0.